The summed E-state index contributed by atoms with van der Waals surface area (Å²) in [4.78, 5) is 6.61. The van der Waals surface area contributed by atoms with Crippen LogP contribution in [0.4, 0.5) is 10.1 Å². The summed E-state index contributed by atoms with van der Waals surface area (Å²) in [5.41, 5.74) is 4.16. The molecule has 0 aliphatic carbocycles. The van der Waals surface area contributed by atoms with E-state index in [1.807, 2.05) is 6.07 Å². The normalized spacial score (nSPS) is 15.5. The Bertz CT molecular complexity index is 844. The van der Waals surface area contributed by atoms with Crippen molar-refractivity contribution in [3.8, 4) is 5.75 Å². The van der Waals surface area contributed by atoms with Gasteiger partial charge in [0.05, 0.1) is 6.61 Å². The van der Waals surface area contributed by atoms with E-state index >= 15 is 0 Å². The van der Waals surface area contributed by atoms with E-state index in [2.05, 4.69) is 33.4 Å². The largest absolute Gasteiger partial charge is 0.467 e. The number of nitrogens with one attached hydrogen (secondary N) is 1. The van der Waals surface area contributed by atoms with E-state index in [0.717, 1.165) is 35.8 Å². The molecule has 0 bridgehead atoms. The van der Waals surface area contributed by atoms with Gasteiger partial charge < -0.3 is 19.7 Å². The molecule has 0 fully saturated rings. The first kappa shape index (κ1) is 19.9. The van der Waals surface area contributed by atoms with E-state index in [0.29, 0.717) is 19.6 Å². The third kappa shape index (κ3) is 4.19. The van der Waals surface area contributed by atoms with E-state index in [1.165, 1.54) is 17.3 Å². The first-order chi connectivity index (χ1) is 12.8. The highest BCUT2D eigenvalue weighted by molar-refractivity contribution is 14.0. The van der Waals surface area contributed by atoms with Gasteiger partial charge in [-0.15, -0.1) is 24.0 Å². The highest BCUT2D eigenvalue weighted by Gasteiger charge is 2.22. The molecule has 2 aliphatic rings. The Morgan fingerprint density at radius 2 is 2.11 bits per heavy atom. The van der Waals surface area contributed by atoms with Crippen molar-refractivity contribution in [2.45, 2.75) is 19.4 Å². The maximum atomic E-state index is 13.9. The summed E-state index contributed by atoms with van der Waals surface area (Å²) in [6.07, 6.45) is 1.66. The number of rotatable bonds is 3. The lowest BCUT2D eigenvalue weighted by Gasteiger charge is -2.23. The molecule has 5 nitrogen and oxygen atoms in total. The van der Waals surface area contributed by atoms with Crippen LogP contribution in [0.3, 0.4) is 0 Å². The van der Waals surface area contributed by atoms with Gasteiger partial charge in [-0.05, 0) is 42.2 Å². The van der Waals surface area contributed by atoms with Gasteiger partial charge in [-0.2, -0.15) is 0 Å². The zero-order valence-electron chi connectivity index (χ0n) is 15.2. The Kier molecular flexibility index (Phi) is 6.54. The van der Waals surface area contributed by atoms with Crippen molar-refractivity contribution < 1.29 is 13.9 Å². The molecule has 2 aliphatic heterocycles. The molecule has 4 rings (SSSR count). The van der Waals surface area contributed by atoms with Crippen LogP contribution in [0.15, 0.2) is 41.4 Å². The van der Waals surface area contributed by atoms with Crippen LogP contribution in [0, 0.1) is 5.82 Å². The number of ether oxygens (including phenoxy) is 2. The topological polar surface area (TPSA) is 46.1 Å². The Hall–Kier alpha value is -1.87. The summed E-state index contributed by atoms with van der Waals surface area (Å²) in [7, 11) is 1.79. The number of halogens is 2. The fourth-order valence-corrected chi connectivity index (χ4v) is 3.60. The Morgan fingerprint density at radius 3 is 2.96 bits per heavy atom. The molecule has 2 aromatic carbocycles. The van der Waals surface area contributed by atoms with Crippen LogP contribution in [0.2, 0.25) is 0 Å². The van der Waals surface area contributed by atoms with E-state index < -0.39 is 0 Å². The number of aliphatic imine (C=N–C) groups is 1. The van der Waals surface area contributed by atoms with Crippen molar-refractivity contribution in [3.63, 3.8) is 0 Å². The molecule has 0 saturated carbocycles. The second kappa shape index (κ2) is 8.88. The molecule has 2 aromatic rings. The summed E-state index contributed by atoms with van der Waals surface area (Å²) in [6.45, 7) is 2.16. The molecule has 7 heteroatoms. The molecule has 0 amide bonds. The third-order valence-electron chi connectivity index (χ3n) is 4.78. The predicted molar refractivity (Wildman–Crippen MR) is 115 cm³/mol. The Balaban J connectivity index is 0.00000210. The quantitative estimate of drug-likeness (QED) is 0.413. The van der Waals surface area contributed by atoms with E-state index in [-0.39, 0.29) is 36.6 Å². The summed E-state index contributed by atoms with van der Waals surface area (Å²) in [5, 5.41) is 3.39. The van der Waals surface area contributed by atoms with Crippen molar-refractivity contribution in [3.05, 3.63) is 58.9 Å². The van der Waals surface area contributed by atoms with E-state index in [1.54, 1.807) is 13.1 Å². The van der Waals surface area contributed by atoms with Gasteiger partial charge in [0.1, 0.15) is 11.6 Å². The molecule has 0 radical (unpaired) electrons. The second-order valence-corrected chi connectivity index (χ2v) is 6.42. The molecule has 2 heterocycles. The number of hydrogen-bond donors (Lipinski definition) is 1. The maximum absolute atomic E-state index is 13.9. The molecular formula is C20H23FIN3O2. The highest BCUT2D eigenvalue weighted by Crippen LogP contribution is 2.30. The van der Waals surface area contributed by atoms with Crippen LogP contribution in [-0.4, -0.2) is 32.9 Å². The Labute approximate surface area is 175 Å². The van der Waals surface area contributed by atoms with Gasteiger partial charge >= 0.3 is 0 Å². The minimum absolute atomic E-state index is 0. The van der Waals surface area contributed by atoms with Crippen LogP contribution in [0.25, 0.3) is 0 Å². The summed E-state index contributed by atoms with van der Waals surface area (Å²) in [6, 6.07) is 11.4. The maximum Gasteiger partial charge on any atom is 0.198 e. The van der Waals surface area contributed by atoms with Crippen LogP contribution >= 0.6 is 24.0 Å². The fourth-order valence-electron chi connectivity index (χ4n) is 3.60. The number of guanidine groups is 1. The van der Waals surface area contributed by atoms with Crippen molar-refractivity contribution in [1.29, 1.82) is 0 Å². The minimum atomic E-state index is -0.259. The fraction of sp³-hybridized carbons (Fsp3) is 0.350. The standard InChI is InChI=1S/C20H22FN3O2.HI/c1-22-20(24-9-7-14-4-2-3-5-18(14)24)23-8-6-15-10-17(21)11-16-12-25-13-26-19(15)16;/h2-5,10-11H,6-9,12-13H2,1H3,(H,22,23);1H. The van der Waals surface area contributed by atoms with Crippen molar-refractivity contribution >= 4 is 35.6 Å². The highest BCUT2D eigenvalue weighted by atomic mass is 127. The van der Waals surface area contributed by atoms with Gasteiger partial charge in [0.15, 0.2) is 12.8 Å². The zero-order valence-corrected chi connectivity index (χ0v) is 17.5. The number of anilines is 1. The average molecular weight is 483 g/mol. The van der Waals surface area contributed by atoms with Crippen LogP contribution in [-0.2, 0) is 24.2 Å². The molecule has 0 spiro atoms. The molecule has 1 N–H and O–H groups in total. The second-order valence-electron chi connectivity index (χ2n) is 6.42. The third-order valence-corrected chi connectivity index (χ3v) is 4.78. The monoisotopic (exact) mass is 483 g/mol. The van der Waals surface area contributed by atoms with Gasteiger partial charge in [0, 0.05) is 31.4 Å². The molecule has 0 aromatic heterocycles. The number of para-hydroxylation sites is 1. The van der Waals surface area contributed by atoms with E-state index in [4.69, 9.17) is 9.47 Å². The average Bonchev–Trinajstić information content (AvgIpc) is 3.09. The van der Waals surface area contributed by atoms with Gasteiger partial charge in [-0.3, -0.25) is 4.99 Å². The number of benzene rings is 2. The van der Waals surface area contributed by atoms with Crippen molar-refractivity contribution in [2.75, 3.05) is 31.8 Å². The Morgan fingerprint density at radius 1 is 1.26 bits per heavy atom. The van der Waals surface area contributed by atoms with Crippen LogP contribution in [0.5, 0.6) is 5.75 Å². The van der Waals surface area contributed by atoms with Gasteiger partial charge in [-0.25, -0.2) is 4.39 Å². The van der Waals surface area contributed by atoms with Crippen molar-refractivity contribution in [2.24, 2.45) is 4.99 Å². The van der Waals surface area contributed by atoms with Gasteiger partial charge in [0.25, 0.3) is 0 Å². The summed E-state index contributed by atoms with van der Waals surface area (Å²) >= 11 is 0. The van der Waals surface area contributed by atoms with Gasteiger partial charge in [-0.1, -0.05) is 18.2 Å². The first-order valence-electron chi connectivity index (χ1n) is 8.84. The lowest BCUT2D eigenvalue weighted by molar-refractivity contribution is -0.0172. The van der Waals surface area contributed by atoms with Gasteiger partial charge in [0.2, 0.25) is 0 Å². The number of hydrogen-bond acceptors (Lipinski definition) is 3. The lowest BCUT2D eigenvalue weighted by Crippen LogP contribution is -2.41. The smallest absolute Gasteiger partial charge is 0.198 e. The molecule has 144 valence electrons. The molecule has 0 unspecified atom stereocenters. The predicted octanol–water partition coefficient (Wildman–Crippen LogP) is 3.49. The molecule has 0 atom stereocenters. The van der Waals surface area contributed by atoms with Crippen LogP contribution < -0.4 is 15.0 Å². The zero-order chi connectivity index (χ0) is 17.9. The molecular weight excluding hydrogens is 460 g/mol. The molecule has 0 saturated heterocycles. The summed E-state index contributed by atoms with van der Waals surface area (Å²) in [5.74, 6) is 1.33. The first-order valence-corrected chi connectivity index (χ1v) is 8.84. The van der Waals surface area contributed by atoms with E-state index in [9.17, 15) is 4.39 Å². The molecule has 27 heavy (non-hydrogen) atoms. The summed E-state index contributed by atoms with van der Waals surface area (Å²) < 4.78 is 24.7. The van der Waals surface area contributed by atoms with Crippen molar-refractivity contribution in [1.82, 2.24) is 5.32 Å². The van der Waals surface area contributed by atoms with Crippen LogP contribution in [0.1, 0.15) is 16.7 Å². The lowest BCUT2D eigenvalue weighted by atomic mass is 10.1. The number of fused-ring (bicyclic) bond motifs is 2. The minimum Gasteiger partial charge on any atom is -0.467 e. The SMILES string of the molecule is CN=C(NCCc1cc(F)cc2c1OCOC2)N1CCc2ccccc21.I. The number of nitrogens with zero attached hydrogens (tertiary/aromatic N) is 2.